The minimum atomic E-state index is -4.48. The van der Waals surface area contributed by atoms with Crippen molar-refractivity contribution in [2.24, 2.45) is 11.5 Å². The number of aromatic hydroxyl groups is 1. The van der Waals surface area contributed by atoms with E-state index in [2.05, 4.69) is 0 Å². The van der Waals surface area contributed by atoms with Crippen molar-refractivity contribution in [1.82, 2.24) is 9.62 Å². The zero-order chi connectivity index (χ0) is 23.9. The van der Waals surface area contributed by atoms with Crippen LogP contribution in [0.4, 0.5) is 0 Å². The molecule has 32 heavy (non-hydrogen) atoms. The number of nitrogens with two attached hydrogens (primary N) is 2. The van der Waals surface area contributed by atoms with E-state index in [-0.39, 0.29) is 37.4 Å². The zero-order valence-corrected chi connectivity index (χ0v) is 18.6. The fourth-order valence-electron chi connectivity index (χ4n) is 3.47. The van der Waals surface area contributed by atoms with Gasteiger partial charge in [-0.3, -0.25) is 14.5 Å². The minimum Gasteiger partial charge on any atom is -0.504 e. The normalized spacial score (nSPS) is 20.1. The van der Waals surface area contributed by atoms with Gasteiger partial charge in [-0.05, 0) is 37.1 Å². The largest absolute Gasteiger partial charge is 0.504 e. The maximum Gasteiger partial charge on any atom is 0.362 e. The number of likely N-dealkylation sites (tertiary alicyclic amines) is 1. The maximum atomic E-state index is 12.2. The van der Waals surface area contributed by atoms with Crippen molar-refractivity contribution in [3.63, 3.8) is 0 Å². The second kappa shape index (κ2) is 11.4. The van der Waals surface area contributed by atoms with Crippen molar-refractivity contribution in [3.8, 4) is 11.5 Å². The van der Waals surface area contributed by atoms with Crippen LogP contribution in [0.2, 0.25) is 0 Å². The molecule has 0 saturated carbocycles. The predicted molar refractivity (Wildman–Crippen MR) is 114 cm³/mol. The molecule has 1 fully saturated rings. The highest BCUT2D eigenvalue weighted by Gasteiger charge is 2.40. The summed E-state index contributed by atoms with van der Waals surface area (Å²) in [5.41, 5.74) is 11.7. The molecule has 0 bridgehead atoms. The van der Waals surface area contributed by atoms with Crippen LogP contribution in [0.15, 0.2) is 18.2 Å². The van der Waals surface area contributed by atoms with Crippen LogP contribution < -0.4 is 20.9 Å². The van der Waals surface area contributed by atoms with E-state index < -0.39 is 40.4 Å². The number of unbranched alkanes of at least 4 members (excludes halogenated alkanes) is 1. The molecule has 3 atom stereocenters. The average molecular weight is 475 g/mol. The third kappa shape index (κ3) is 7.31. The Kier molecular flexibility index (Phi) is 9.21. The number of carboxylic acid groups (broad SMARTS) is 1. The lowest BCUT2D eigenvalue weighted by Gasteiger charge is -2.21. The highest BCUT2D eigenvalue weighted by Crippen LogP contribution is 2.29. The lowest BCUT2D eigenvalue weighted by Crippen LogP contribution is -2.45. The number of phenols is 1. The second-order valence-corrected chi connectivity index (χ2v) is 8.86. The molecule has 12 nitrogen and oxygen atoms in total. The minimum absolute atomic E-state index is 0.0125. The van der Waals surface area contributed by atoms with Gasteiger partial charge in [0.15, 0.2) is 11.5 Å². The number of nitrogens with zero attached hydrogens (tertiary/aromatic N) is 1. The number of ether oxygens (including phenoxy) is 1. The van der Waals surface area contributed by atoms with Gasteiger partial charge in [-0.1, -0.05) is 12.5 Å². The smallest absolute Gasteiger partial charge is 0.362 e. The SMILES string of the molecule is COc1ccc(CN2C[C@H](OS(=O)(=O)NC(=O)[C@@H](N)CCCCN)C[C@H]2C(=O)O)cc1O. The topological polar surface area (TPSA) is 195 Å². The van der Waals surface area contributed by atoms with Gasteiger partial charge in [-0.15, -0.1) is 0 Å². The lowest BCUT2D eigenvalue weighted by atomic mass is 10.1. The lowest BCUT2D eigenvalue weighted by molar-refractivity contribution is -0.142. The standard InChI is InChI=1S/C19H30N4O8S/c1-30-17-6-5-12(8-16(17)24)10-23-11-13(9-15(23)19(26)27)31-32(28,29)22-18(25)14(21)4-2-3-7-20/h5-6,8,13-15,24H,2-4,7,9-11,20-21H2,1H3,(H,22,25)(H,26,27)/t13-,14+,15+/m1/s1. The Morgan fingerprint density at radius 1 is 1.34 bits per heavy atom. The molecule has 0 unspecified atom stereocenters. The van der Waals surface area contributed by atoms with Crippen LogP contribution in [0.3, 0.4) is 0 Å². The van der Waals surface area contributed by atoms with Gasteiger partial charge in [-0.25, -0.2) is 8.91 Å². The number of nitrogens with one attached hydrogen (secondary N) is 1. The number of benzene rings is 1. The summed E-state index contributed by atoms with van der Waals surface area (Å²) < 4.78 is 36.3. The molecule has 0 aliphatic carbocycles. The van der Waals surface area contributed by atoms with E-state index in [1.807, 2.05) is 0 Å². The predicted octanol–water partition coefficient (Wildman–Crippen LogP) is -0.738. The summed E-state index contributed by atoms with van der Waals surface area (Å²) in [4.78, 5) is 25.2. The molecule has 1 amide bonds. The fraction of sp³-hybridized carbons (Fsp3) is 0.579. The first-order valence-electron chi connectivity index (χ1n) is 10.1. The van der Waals surface area contributed by atoms with E-state index in [4.69, 9.17) is 20.4 Å². The van der Waals surface area contributed by atoms with Gasteiger partial charge in [0.2, 0.25) is 0 Å². The Morgan fingerprint density at radius 3 is 2.66 bits per heavy atom. The van der Waals surface area contributed by atoms with Crippen molar-refractivity contribution >= 4 is 22.2 Å². The van der Waals surface area contributed by atoms with E-state index in [0.717, 1.165) is 0 Å². The Balaban J connectivity index is 1.99. The Bertz CT molecular complexity index is 911. The number of rotatable bonds is 12. The quantitative estimate of drug-likeness (QED) is 0.239. The van der Waals surface area contributed by atoms with Crippen molar-refractivity contribution in [2.45, 2.75) is 50.4 Å². The van der Waals surface area contributed by atoms with Crippen molar-refractivity contribution in [3.05, 3.63) is 23.8 Å². The molecule has 1 aliphatic rings. The third-order valence-corrected chi connectivity index (χ3v) is 6.05. The van der Waals surface area contributed by atoms with Crippen LogP contribution in [0, 0.1) is 0 Å². The van der Waals surface area contributed by atoms with Gasteiger partial charge in [0.05, 0.1) is 19.3 Å². The van der Waals surface area contributed by atoms with Gasteiger partial charge in [0, 0.05) is 19.5 Å². The number of hydrogen-bond donors (Lipinski definition) is 5. The number of hydrogen-bond acceptors (Lipinski definition) is 10. The molecular weight excluding hydrogens is 444 g/mol. The first-order chi connectivity index (χ1) is 15.1. The monoisotopic (exact) mass is 474 g/mol. The molecule has 180 valence electrons. The van der Waals surface area contributed by atoms with E-state index in [9.17, 15) is 28.2 Å². The van der Waals surface area contributed by atoms with E-state index in [1.165, 1.54) is 18.1 Å². The number of carbonyl (C=O) groups excluding carboxylic acids is 1. The molecule has 1 aromatic rings. The van der Waals surface area contributed by atoms with Gasteiger partial charge in [0.25, 0.3) is 5.91 Å². The molecule has 0 aromatic heterocycles. The molecule has 1 aromatic carbocycles. The van der Waals surface area contributed by atoms with Gasteiger partial charge in [-0.2, -0.15) is 8.42 Å². The summed E-state index contributed by atoms with van der Waals surface area (Å²) in [5.74, 6) is -1.87. The number of amides is 1. The molecule has 1 heterocycles. The van der Waals surface area contributed by atoms with Crippen LogP contribution in [0.25, 0.3) is 0 Å². The molecular formula is C19H30N4O8S. The molecule has 0 radical (unpaired) electrons. The zero-order valence-electron chi connectivity index (χ0n) is 17.8. The fourth-order valence-corrected chi connectivity index (χ4v) is 4.42. The van der Waals surface area contributed by atoms with Crippen LogP contribution in [0.5, 0.6) is 11.5 Å². The van der Waals surface area contributed by atoms with E-state index in [0.29, 0.717) is 24.9 Å². The Hall–Kier alpha value is -2.45. The van der Waals surface area contributed by atoms with E-state index in [1.54, 1.807) is 16.9 Å². The molecule has 0 spiro atoms. The number of phenolic OH excluding ortho intramolecular Hbond substituents is 1. The summed E-state index contributed by atoms with van der Waals surface area (Å²) in [7, 11) is -3.07. The summed E-state index contributed by atoms with van der Waals surface area (Å²) in [6.07, 6.45) is 0.414. The molecule has 2 rings (SSSR count). The van der Waals surface area contributed by atoms with Crippen LogP contribution >= 0.6 is 0 Å². The number of carboxylic acids is 1. The summed E-state index contributed by atoms with van der Waals surface area (Å²) in [6.45, 7) is 0.559. The highest BCUT2D eigenvalue weighted by atomic mass is 32.2. The maximum absolute atomic E-state index is 12.2. The summed E-state index contributed by atoms with van der Waals surface area (Å²) in [5, 5.41) is 19.4. The third-order valence-electron chi connectivity index (χ3n) is 5.07. The first kappa shape index (κ1) is 25.8. The van der Waals surface area contributed by atoms with Crippen molar-refractivity contribution in [1.29, 1.82) is 0 Å². The van der Waals surface area contributed by atoms with Crippen molar-refractivity contribution < 1.29 is 37.1 Å². The van der Waals surface area contributed by atoms with Crippen LogP contribution in [-0.2, 0) is 30.6 Å². The summed E-state index contributed by atoms with van der Waals surface area (Å²) in [6, 6.07) is 2.61. The van der Waals surface area contributed by atoms with Crippen LogP contribution in [0.1, 0.15) is 31.2 Å². The van der Waals surface area contributed by atoms with Gasteiger partial charge in [0.1, 0.15) is 6.04 Å². The van der Waals surface area contributed by atoms with Crippen LogP contribution in [-0.4, -0.2) is 73.8 Å². The Labute approximate surface area is 186 Å². The number of carbonyl (C=O) groups is 2. The van der Waals surface area contributed by atoms with Gasteiger partial charge >= 0.3 is 16.3 Å². The average Bonchev–Trinajstić information content (AvgIpc) is 3.09. The van der Waals surface area contributed by atoms with E-state index >= 15 is 0 Å². The molecule has 7 N–H and O–H groups in total. The number of methoxy groups -OCH3 is 1. The van der Waals surface area contributed by atoms with Crippen molar-refractivity contribution in [2.75, 3.05) is 20.2 Å². The van der Waals surface area contributed by atoms with Gasteiger partial charge < -0.3 is 26.4 Å². The molecule has 1 saturated heterocycles. The highest BCUT2D eigenvalue weighted by molar-refractivity contribution is 7.85. The second-order valence-electron chi connectivity index (χ2n) is 7.56. The summed E-state index contributed by atoms with van der Waals surface area (Å²) >= 11 is 0. The first-order valence-corrected chi connectivity index (χ1v) is 11.5. The molecule has 13 heteroatoms. The molecule has 1 aliphatic heterocycles. The number of aliphatic carboxylic acids is 1. The Morgan fingerprint density at radius 2 is 2.06 bits per heavy atom.